The summed E-state index contributed by atoms with van der Waals surface area (Å²) >= 11 is 0. The number of ether oxygens (including phenoxy) is 2. The molecule has 0 aliphatic heterocycles. The van der Waals surface area contributed by atoms with Gasteiger partial charge in [-0.1, -0.05) is 17.3 Å². The zero-order valence-corrected chi connectivity index (χ0v) is 16.9. The lowest BCUT2D eigenvalue weighted by atomic mass is 10.1. The Morgan fingerprint density at radius 1 is 1.13 bits per heavy atom. The van der Waals surface area contributed by atoms with Crippen LogP contribution in [-0.2, 0) is 6.42 Å². The van der Waals surface area contributed by atoms with E-state index in [1.807, 2.05) is 0 Å². The third-order valence-electron chi connectivity index (χ3n) is 4.60. The number of hydrogen-bond donors (Lipinski definition) is 1. The van der Waals surface area contributed by atoms with Gasteiger partial charge in [0.25, 0.3) is 0 Å². The SMILES string of the molecule is COc1ccc(-c2noc(CCN=Cc3c(O)c4ccccc4oc3=O)n2)cc1OC. The van der Waals surface area contributed by atoms with Crippen LogP contribution in [0.1, 0.15) is 11.5 Å². The maximum Gasteiger partial charge on any atom is 0.348 e. The number of fused-ring (bicyclic) bond motifs is 1. The van der Waals surface area contributed by atoms with E-state index in [1.165, 1.54) is 6.21 Å². The summed E-state index contributed by atoms with van der Waals surface area (Å²) in [6.45, 7) is 0.277. The Morgan fingerprint density at radius 2 is 1.94 bits per heavy atom. The number of methoxy groups -OCH3 is 2. The highest BCUT2D eigenvalue weighted by Crippen LogP contribution is 2.31. The second-order valence-electron chi connectivity index (χ2n) is 6.51. The molecule has 9 nitrogen and oxygen atoms in total. The van der Waals surface area contributed by atoms with Gasteiger partial charge in [0.1, 0.15) is 16.9 Å². The maximum absolute atomic E-state index is 12.1. The Balaban J connectivity index is 1.46. The molecule has 31 heavy (non-hydrogen) atoms. The maximum atomic E-state index is 12.1. The van der Waals surface area contributed by atoms with E-state index in [2.05, 4.69) is 15.1 Å². The average molecular weight is 421 g/mol. The van der Waals surface area contributed by atoms with Crippen LogP contribution >= 0.6 is 0 Å². The van der Waals surface area contributed by atoms with Gasteiger partial charge in [0.05, 0.1) is 19.6 Å². The summed E-state index contributed by atoms with van der Waals surface area (Å²) < 4.78 is 21.0. The lowest BCUT2D eigenvalue weighted by Crippen LogP contribution is -2.07. The molecule has 4 rings (SSSR count). The van der Waals surface area contributed by atoms with E-state index >= 15 is 0 Å². The van der Waals surface area contributed by atoms with Crippen molar-refractivity contribution < 1.29 is 23.5 Å². The zero-order valence-electron chi connectivity index (χ0n) is 16.9. The average Bonchev–Trinajstić information content (AvgIpc) is 3.27. The van der Waals surface area contributed by atoms with E-state index in [0.29, 0.717) is 40.6 Å². The minimum Gasteiger partial charge on any atom is -0.506 e. The van der Waals surface area contributed by atoms with E-state index in [0.717, 1.165) is 5.56 Å². The van der Waals surface area contributed by atoms with Crippen molar-refractivity contribution >= 4 is 17.2 Å². The lowest BCUT2D eigenvalue weighted by molar-refractivity contribution is 0.355. The van der Waals surface area contributed by atoms with Crippen molar-refractivity contribution in [2.24, 2.45) is 4.99 Å². The summed E-state index contributed by atoms with van der Waals surface area (Å²) in [6.07, 6.45) is 1.65. The molecule has 0 aliphatic rings. The van der Waals surface area contributed by atoms with Crippen LogP contribution in [0.15, 0.2) is 61.2 Å². The fourth-order valence-electron chi connectivity index (χ4n) is 3.03. The fraction of sp³-hybridized carbons (Fsp3) is 0.182. The molecule has 0 fully saturated rings. The molecule has 158 valence electrons. The van der Waals surface area contributed by atoms with Gasteiger partial charge in [-0.3, -0.25) is 4.99 Å². The molecular weight excluding hydrogens is 402 g/mol. The number of aliphatic imine (C=N–C) groups is 1. The minimum absolute atomic E-state index is 0.00440. The van der Waals surface area contributed by atoms with Gasteiger partial charge in [-0.15, -0.1) is 0 Å². The number of benzene rings is 2. The molecule has 0 unspecified atom stereocenters. The third kappa shape index (κ3) is 4.11. The molecule has 0 bridgehead atoms. The molecule has 0 spiro atoms. The quantitative estimate of drug-likeness (QED) is 0.357. The van der Waals surface area contributed by atoms with Gasteiger partial charge in [-0.25, -0.2) is 4.79 Å². The Hall–Kier alpha value is -4.14. The predicted octanol–water partition coefficient (Wildman–Crippen LogP) is 3.23. The van der Waals surface area contributed by atoms with Crippen LogP contribution < -0.4 is 15.1 Å². The highest BCUT2D eigenvalue weighted by molar-refractivity contribution is 5.93. The minimum atomic E-state index is -0.659. The number of aromatic nitrogens is 2. The molecule has 0 aliphatic carbocycles. The molecule has 0 atom stereocenters. The van der Waals surface area contributed by atoms with Crippen molar-refractivity contribution in [3.63, 3.8) is 0 Å². The topological polar surface area (TPSA) is 120 Å². The van der Waals surface area contributed by atoms with Gasteiger partial charge in [-0.05, 0) is 30.3 Å². The fourth-order valence-corrected chi connectivity index (χ4v) is 3.03. The van der Waals surface area contributed by atoms with Gasteiger partial charge in [0, 0.05) is 24.7 Å². The number of nitrogens with zero attached hydrogens (tertiary/aromatic N) is 3. The zero-order chi connectivity index (χ0) is 21.8. The van der Waals surface area contributed by atoms with Crippen molar-refractivity contribution in [1.29, 1.82) is 0 Å². The molecule has 2 aromatic heterocycles. The van der Waals surface area contributed by atoms with Gasteiger partial charge in [0.15, 0.2) is 11.5 Å². The molecule has 4 aromatic rings. The first-order chi connectivity index (χ1) is 15.1. The molecule has 2 heterocycles. The lowest BCUT2D eigenvalue weighted by Gasteiger charge is -2.07. The van der Waals surface area contributed by atoms with Crippen molar-refractivity contribution in [3.8, 4) is 28.6 Å². The molecular formula is C22H19N3O6. The monoisotopic (exact) mass is 421 g/mol. The second-order valence-corrected chi connectivity index (χ2v) is 6.51. The van der Waals surface area contributed by atoms with Crippen molar-refractivity contribution in [2.45, 2.75) is 6.42 Å². The van der Waals surface area contributed by atoms with E-state index in [9.17, 15) is 9.90 Å². The summed E-state index contributed by atoms with van der Waals surface area (Å²) in [7, 11) is 3.11. The number of aromatic hydroxyl groups is 1. The van der Waals surface area contributed by atoms with Crippen LogP contribution in [-0.4, -0.2) is 42.2 Å². The molecule has 0 saturated heterocycles. The van der Waals surface area contributed by atoms with E-state index < -0.39 is 5.63 Å². The highest BCUT2D eigenvalue weighted by atomic mass is 16.5. The van der Waals surface area contributed by atoms with Crippen LogP contribution in [0.2, 0.25) is 0 Å². The van der Waals surface area contributed by atoms with Crippen molar-refractivity contribution in [3.05, 3.63) is 64.3 Å². The smallest absolute Gasteiger partial charge is 0.348 e. The van der Waals surface area contributed by atoms with Crippen LogP contribution in [0.3, 0.4) is 0 Å². The molecule has 2 aromatic carbocycles. The van der Waals surface area contributed by atoms with Crippen molar-refractivity contribution in [2.75, 3.05) is 20.8 Å². The van der Waals surface area contributed by atoms with E-state index in [-0.39, 0.29) is 17.9 Å². The Labute approximate surface area is 176 Å². The molecule has 0 saturated carbocycles. The summed E-state index contributed by atoms with van der Waals surface area (Å²) in [5.74, 6) is 1.80. The highest BCUT2D eigenvalue weighted by Gasteiger charge is 2.13. The standard InChI is InChI=1S/C22H19N3O6/c1-28-17-8-7-13(11-18(17)29-2)21-24-19(31-25-21)9-10-23-12-15-20(26)14-5-3-4-6-16(14)30-22(15)27/h3-8,11-12,26H,9-10H2,1-2H3. The summed E-state index contributed by atoms with van der Waals surface area (Å²) in [5.41, 5.74) is 0.370. The predicted molar refractivity (Wildman–Crippen MR) is 113 cm³/mol. The Bertz CT molecular complexity index is 1310. The number of para-hydroxylation sites is 1. The summed E-state index contributed by atoms with van der Waals surface area (Å²) in [5, 5.41) is 14.8. The first kappa shape index (κ1) is 20.1. The first-order valence-corrected chi connectivity index (χ1v) is 9.40. The molecule has 1 N–H and O–H groups in total. The van der Waals surface area contributed by atoms with Crippen LogP contribution in [0.4, 0.5) is 0 Å². The first-order valence-electron chi connectivity index (χ1n) is 9.40. The third-order valence-corrected chi connectivity index (χ3v) is 4.60. The van der Waals surface area contributed by atoms with Crippen LogP contribution in [0.5, 0.6) is 17.2 Å². The second kappa shape index (κ2) is 8.70. The number of rotatable bonds is 7. The van der Waals surface area contributed by atoms with Crippen LogP contribution in [0.25, 0.3) is 22.4 Å². The summed E-state index contributed by atoms with van der Waals surface area (Å²) in [4.78, 5) is 20.6. The van der Waals surface area contributed by atoms with Gasteiger partial charge < -0.3 is 23.5 Å². The Morgan fingerprint density at radius 3 is 2.74 bits per heavy atom. The molecule has 0 amide bonds. The molecule has 0 radical (unpaired) electrons. The van der Waals surface area contributed by atoms with Gasteiger partial charge >= 0.3 is 5.63 Å². The largest absolute Gasteiger partial charge is 0.506 e. The summed E-state index contributed by atoms with van der Waals surface area (Å²) in [6, 6.07) is 12.1. The molecule has 9 heteroatoms. The number of hydrogen-bond acceptors (Lipinski definition) is 9. The van der Waals surface area contributed by atoms with E-state index in [1.54, 1.807) is 56.7 Å². The Kier molecular flexibility index (Phi) is 5.65. The van der Waals surface area contributed by atoms with Gasteiger partial charge in [0.2, 0.25) is 11.7 Å². The van der Waals surface area contributed by atoms with Crippen molar-refractivity contribution in [1.82, 2.24) is 10.1 Å². The van der Waals surface area contributed by atoms with Crippen LogP contribution in [0, 0.1) is 0 Å². The normalized spacial score (nSPS) is 11.3. The van der Waals surface area contributed by atoms with Gasteiger partial charge in [-0.2, -0.15) is 4.98 Å². The van der Waals surface area contributed by atoms with E-state index in [4.69, 9.17) is 18.4 Å².